The predicted octanol–water partition coefficient (Wildman–Crippen LogP) is 1.78. The van der Waals surface area contributed by atoms with Gasteiger partial charge in [0.2, 0.25) is 10.0 Å². The maximum atomic E-state index is 12.5. The maximum Gasteiger partial charge on any atom is 0.243 e. The number of sulfonamides is 1. The standard InChI is InChI=1S/C14H21NO3S/c1-11-4-6-13(7-5-11)19(17,18)15-9-12(16)8-14(2,3)10-15/h4-7,12,16H,8-10H2,1-3H3/t12-/m1/s1. The van der Waals surface area contributed by atoms with Gasteiger partial charge in [0.15, 0.2) is 0 Å². The fourth-order valence-corrected chi connectivity index (χ4v) is 4.25. The lowest BCUT2D eigenvalue weighted by Gasteiger charge is -2.39. The van der Waals surface area contributed by atoms with Gasteiger partial charge in [0.05, 0.1) is 11.0 Å². The first kappa shape index (κ1) is 14.5. The molecule has 1 fully saturated rings. The van der Waals surface area contributed by atoms with E-state index in [1.54, 1.807) is 24.3 Å². The van der Waals surface area contributed by atoms with E-state index >= 15 is 0 Å². The van der Waals surface area contributed by atoms with E-state index in [1.807, 2.05) is 20.8 Å². The molecule has 1 aliphatic heterocycles. The summed E-state index contributed by atoms with van der Waals surface area (Å²) in [4.78, 5) is 0.294. The summed E-state index contributed by atoms with van der Waals surface area (Å²) in [5.74, 6) is 0. The summed E-state index contributed by atoms with van der Waals surface area (Å²) < 4.78 is 26.5. The van der Waals surface area contributed by atoms with Crippen molar-refractivity contribution in [1.82, 2.24) is 4.31 Å². The van der Waals surface area contributed by atoms with Crippen molar-refractivity contribution in [3.63, 3.8) is 0 Å². The van der Waals surface area contributed by atoms with Gasteiger partial charge in [0.1, 0.15) is 0 Å². The van der Waals surface area contributed by atoms with Gasteiger partial charge >= 0.3 is 0 Å². The van der Waals surface area contributed by atoms with Crippen molar-refractivity contribution in [2.75, 3.05) is 13.1 Å². The second kappa shape index (κ2) is 4.89. The molecule has 1 saturated heterocycles. The second-order valence-electron chi connectivity index (χ2n) is 6.13. The molecule has 0 aliphatic carbocycles. The van der Waals surface area contributed by atoms with Crippen molar-refractivity contribution in [2.45, 2.75) is 38.2 Å². The molecule has 0 unspecified atom stereocenters. The van der Waals surface area contributed by atoms with E-state index in [0.717, 1.165) is 5.56 Å². The number of rotatable bonds is 2. The maximum absolute atomic E-state index is 12.5. The lowest BCUT2D eigenvalue weighted by Crippen LogP contribution is -2.49. The summed E-state index contributed by atoms with van der Waals surface area (Å²) in [6.07, 6.45) is 0.0383. The molecule has 106 valence electrons. The summed E-state index contributed by atoms with van der Waals surface area (Å²) in [6.45, 7) is 6.50. The average molecular weight is 283 g/mol. The molecule has 1 aromatic carbocycles. The van der Waals surface area contributed by atoms with Gasteiger partial charge in [-0.3, -0.25) is 0 Å². The van der Waals surface area contributed by atoms with E-state index < -0.39 is 16.1 Å². The lowest BCUT2D eigenvalue weighted by atomic mass is 9.84. The highest BCUT2D eigenvalue weighted by Gasteiger charge is 2.37. The van der Waals surface area contributed by atoms with Crippen LogP contribution in [0.1, 0.15) is 25.8 Å². The Morgan fingerprint density at radius 2 is 1.84 bits per heavy atom. The van der Waals surface area contributed by atoms with Gasteiger partial charge in [0, 0.05) is 13.1 Å². The van der Waals surface area contributed by atoms with E-state index in [2.05, 4.69) is 0 Å². The van der Waals surface area contributed by atoms with Gasteiger partial charge in [-0.25, -0.2) is 8.42 Å². The monoisotopic (exact) mass is 283 g/mol. The molecule has 0 saturated carbocycles. The number of nitrogens with zero attached hydrogens (tertiary/aromatic N) is 1. The molecule has 5 heteroatoms. The van der Waals surface area contributed by atoms with Crippen LogP contribution in [0.25, 0.3) is 0 Å². The van der Waals surface area contributed by atoms with E-state index in [9.17, 15) is 13.5 Å². The Bertz CT molecular complexity index is 549. The van der Waals surface area contributed by atoms with Crippen molar-refractivity contribution in [3.8, 4) is 0 Å². The molecule has 4 nitrogen and oxygen atoms in total. The Morgan fingerprint density at radius 1 is 1.26 bits per heavy atom. The molecule has 1 aromatic rings. The highest BCUT2D eigenvalue weighted by atomic mass is 32.2. The quantitative estimate of drug-likeness (QED) is 0.900. The number of aliphatic hydroxyl groups is 1. The zero-order valence-corrected chi connectivity index (χ0v) is 12.4. The van der Waals surface area contributed by atoms with Crippen molar-refractivity contribution in [3.05, 3.63) is 29.8 Å². The molecule has 2 rings (SSSR count). The lowest BCUT2D eigenvalue weighted by molar-refractivity contribution is 0.0421. The Morgan fingerprint density at radius 3 is 2.37 bits per heavy atom. The number of aliphatic hydroxyl groups excluding tert-OH is 1. The number of benzene rings is 1. The first-order valence-electron chi connectivity index (χ1n) is 6.46. The van der Waals surface area contributed by atoms with Crippen LogP contribution in [0.15, 0.2) is 29.2 Å². The van der Waals surface area contributed by atoms with Crippen LogP contribution < -0.4 is 0 Å². The SMILES string of the molecule is Cc1ccc(S(=O)(=O)N2C[C@H](O)CC(C)(C)C2)cc1. The van der Waals surface area contributed by atoms with Crippen LogP contribution in [0.3, 0.4) is 0 Å². The predicted molar refractivity (Wildman–Crippen MR) is 74.3 cm³/mol. The first-order valence-corrected chi connectivity index (χ1v) is 7.90. The first-order chi connectivity index (χ1) is 8.71. The number of piperidine rings is 1. The summed E-state index contributed by atoms with van der Waals surface area (Å²) >= 11 is 0. The highest BCUT2D eigenvalue weighted by molar-refractivity contribution is 7.89. The third-order valence-corrected chi connectivity index (χ3v) is 5.29. The van der Waals surface area contributed by atoms with Crippen molar-refractivity contribution < 1.29 is 13.5 Å². The minimum Gasteiger partial charge on any atom is -0.392 e. The molecule has 0 amide bonds. The Balaban J connectivity index is 2.31. The molecule has 1 heterocycles. The zero-order chi connectivity index (χ0) is 14.3. The molecular formula is C14H21NO3S. The van der Waals surface area contributed by atoms with Crippen molar-refractivity contribution >= 4 is 10.0 Å². The van der Waals surface area contributed by atoms with Gasteiger partial charge in [-0.1, -0.05) is 31.5 Å². The Labute approximate surface area is 115 Å². The van der Waals surface area contributed by atoms with Gasteiger partial charge in [-0.2, -0.15) is 4.31 Å². The van der Waals surface area contributed by atoms with Crippen LogP contribution in [0.2, 0.25) is 0 Å². The fraction of sp³-hybridized carbons (Fsp3) is 0.571. The van der Waals surface area contributed by atoms with E-state index in [-0.39, 0.29) is 12.0 Å². The van der Waals surface area contributed by atoms with Crippen molar-refractivity contribution in [2.24, 2.45) is 5.41 Å². The fourth-order valence-electron chi connectivity index (χ4n) is 2.59. The van der Waals surface area contributed by atoms with Gasteiger partial charge in [-0.05, 0) is 30.9 Å². The van der Waals surface area contributed by atoms with Gasteiger partial charge < -0.3 is 5.11 Å². The van der Waals surface area contributed by atoms with Crippen LogP contribution in [-0.2, 0) is 10.0 Å². The summed E-state index contributed by atoms with van der Waals surface area (Å²) in [7, 11) is -3.51. The van der Waals surface area contributed by atoms with Gasteiger partial charge in [0.25, 0.3) is 0 Å². The molecule has 0 bridgehead atoms. The molecule has 19 heavy (non-hydrogen) atoms. The Hall–Kier alpha value is -0.910. The van der Waals surface area contributed by atoms with Crippen LogP contribution in [-0.4, -0.2) is 37.0 Å². The Kier molecular flexibility index (Phi) is 3.73. The zero-order valence-electron chi connectivity index (χ0n) is 11.6. The largest absolute Gasteiger partial charge is 0.392 e. The third-order valence-electron chi connectivity index (χ3n) is 3.47. The molecule has 0 radical (unpaired) electrons. The summed E-state index contributed by atoms with van der Waals surface area (Å²) in [5.41, 5.74) is 0.827. The van der Waals surface area contributed by atoms with Crippen LogP contribution >= 0.6 is 0 Å². The van der Waals surface area contributed by atoms with Gasteiger partial charge in [-0.15, -0.1) is 0 Å². The highest BCUT2D eigenvalue weighted by Crippen LogP contribution is 2.32. The topological polar surface area (TPSA) is 57.6 Å². The van der Waals surface area contributed by atoms with Crippen LogP contribution in [0.4, 0.5) is 0 Å². The minimum atomic E-state index is -3.51. The van der Waals surface area contributed by atoms with Crippen LogP contribution in [0, 0.1) is 12.3 Å². The molecular weight excluding hydrogens is 262 g/mol. The smallest absolute Gasteiger partial charge is 0.243 e. The molecule has 1 atom stereocenters. The number of aryl methyl sites for hydroxylation is 1. The molecule has 0 aromatic heterocycles. The number of hydrogen-bond acceptors (Lipinski definition) is 3. The number of hydrogen-bond donors (Lipinski definition) is 1. The summed E-state index contributed by atoms with van der Waals surface area (Å²) in [5, 5.41) is 9.86. The second-order valence-corrected chi connectivity index (χ2v) is 8.07. The number of β-amino-alcohol motifs (C(OH)–C–C–N with tert-alkyl or cyclic N) is 1. The molecule has 1 N–H and O–H groups in total. The van der Waals surface area contributed by atoms with Crippen molar-refractivity contribution in [1.29, 1.82) is 0 Å². The third kappa shape index (κ3) is 3.16. The van der Waals surface area contributed by atoms with Crippen LogP contribution in [0.5, 0.6) is 0 Å². The normalized spacial score (nSPS) is 24.3. The van der Waals surface area contributed by atoms with E-state index in [1.165, 1.54) is 4.31 Å². The van der Waals surface area contributed by atoms with E-state index in [4.69, 9.17) is 0 Å². The molecule has 1 aliphatic rings. The minimum absolute atomic E-state index is 0.180. The molecule has 0 spiro atoms. The average Bonchev–Trinajstić information content (AvgIpc) is 2.26. The van der Waals surface area contributed by atoms with E-state index in [0.29, 0.717) is 17.9 Å². The summed E-state index contributed by atoms with van der Waals surface area (Å²) in [6, 6.07) is 6.83.